The van der Waals surface area contributed by atoms with Gasteiger partial charge in [0.1, 0.15) is 11.5 Å². The number of sulfonamides is 1. The van der Waals surface area contributed by atoms with Crippen molar-refractivity contribution in [2.24, 2.45) is 5.92 Å². The Kier molecular flexibility index (Phi) is 7.53. The predicted molar refractivity (Wildman–Crippen MR) is 116 cm³/mol. The fraction of sp³-hybridized carbons (Fsp3) is 0.409. The first-order valence-corrected chi connectivity index (χ1v) is 11.4. The Balaban J connectivity index is 1.96. The summed E-state index contributed by atoms with van der Waals surface area (Å²) in [7, 11) is 0.917. The number of nitrogens with zero attached hydrogens (tertiary/aromatic N) is 1. The van der Waals surface area contributed by atoms with Gasteiger partial charge in [-0.05, 0) is 23.8 Å². The van der Waals surface area contributed by atoms with Crippen molar-refractivity contribution in [1.82, 2.24) is 9.62 Å². The summed E-state index contributed by atoms with van der Waals surface area (Å²) in [6.45, 7) is 0.975. The molecule has 2 aromatic rings. The van der Waals surface area contributed by atoms with E-state index in [9.17, 15) is 13.2 Å². The molecule has 1 aliphatic rings. The first-order valence-electron chi connectivity index (χ1n) is 9.96. The first kappa shape index (κ1) is 23.1. The molecule has 2 atom stereocenters. The van der Waals surface area contributed by atoms with Gasteiger partial charge in [0.15, 0.2) is 0 Å². The van der Waals surface area contributed by atoms with Crippen molar-refractivity contribution in [3.8, 4) is 11.5 Å². The van der Waals surface area contributed by atoms with Gasteiger partial charge < -0.3 is 19.5 Å². The topological polar surface area (TPSA) is 94.2 Å². The van der Waals surface area contributed by atoms with Crippen LogP contribution < -0.4 is 14.8 Å². The largest absolute Gasteiger partial charge is 0.497 e. The van der Waals surface area contributed by atoms with Crippen LogP contribution in [0.3, 0.4) is 0 Å². The highest BCUT2D eigenvalue weighted by atomic mass is 32.2. The summed E-state index contributed by atoms with van der Waals surface area (Å²) in [5, 5.41) is 2.85. The van der Waals surface area contributed by atoms with Gasteiger partial charge in [-0.2, -0.15) is 4.31 Å². The maximum absolute atomic E-state index is 13.2. The lowest BCUT2D eigenvalue weighted by Gasteiger charge is -2.21. The molecule has 2 aromatic carbocycles. The van der Waals surface area contributed by atoms with Crippen LogP contribution in [-0.4, -0.2) is 66.2 Å². The number of hydrogen-bond acceptors (Lipinski definition) is 6. The molecule has 0 aliphatic carbocycles. The molecule has 1 saturated heterocycles. The van der Waals surface area contributed by atoms with Crippen molar-refractivity contribution in [2.45, 2.75) is 10.8 Å². The molecular weight excluding hydrogens is 420 g/mol. The fourth-order valence-electron chi connectivity index (χ4n) is 3.82. The molecule has 1 N–H and O–H groups in total. The number of nitrogens with one attached hydrogen (secondary N) is 1. The van der Waals surface area contributed by atoms with Crippen LogP contribution >= 0.6 is 0 Å². The normalized spacial score (nSPS) is 19.2. The van der Waals surface area contributed by atoms with E-state index in [2.05, 4.69) is 5.32 Å². The van der Waals surface area contributed by atoms with Gasteiger partial charge in [0, 0.05) is 38.7 Å². The predicted octanol–water partition coefficient (Wildman–Crippen LogP) is 1.87. The quantitative estimate of drug-likeness (QED) is 0.589. The third-order valence-corrected chi connectivity index (χ3v) is 7.30. The Morgan fingerprint density at radius 2 is 1.81 bits per heavy atom. The number of hydrogen-bond donors (Lipinski definition) is 1. The molecule has 1 aliphatic heterocycles. The molecule has 0 radical (unpaired) electrons. The molecule has 1 heterocycles. The minimum atomic E-state index is -3.74. The molecule has 8 nitrogen and oxygen atoms in total. The summed E-state index contributed by atoms with van der Waals surface area (Å²) in [5.41, 5.74) is 0.765. The minimum Gasteiger partial charge on any atom is -0.497 e. The second kappa shape index (κ2) is 10.1. The van der Waals surface area contributed by atoms with E-state index in [1.807, 2.05) is 6.07 Å². The number of ether oxygens (including phenoxy) is 3. The molecule has 0 bridgehead atoms. The first-order chi connectivity index (χ1) is 14.9. The lowest BCUT2D eigenvalue weighted by atomic mass is 9.87. The zero-order valence-corrected chi connectivity index (χ0v) is 18.7. The average molecular weight is 449 g/mol. The highest BCUT2D eigenvalue weighted by molar-refractivity contribution is 7.89. The smallest absolute Gasteiger partial charge is 0.243 e. The lowest BCUT2D eigenvalue weighted by Crippen LogP contribution is -2.37. The second-order valence-corrected chi connectivity index (χ2v) is 9.18. The van der Waals surface area contributed by atoms with Gasteiger partial charge in [0.05, 0.1) is 31.6 Å². The number of benzene rings is 2. The number of amides is 1. The van der Waals surface area contributed by atoms with Crippen LogP contribution in [0, 0.1) is 5.92 Å². The monoisotopic (exact) mass is 448 g/mol. The zero-order valence-electron chi connectivity index (χ0n) is 17.9. The van der Waals surface area contributed by atoms with Gasteiger partial charge in [-0.3, -0.25) is 4.79 Å². The molecule has 3 rings (SSSR count). The van der Waals surface area contributed by atoms with Crippen molar-refractivity contribution >= 4 is 15.9 Å². The summed E-state index contributed by atoms with van der Waals surface area (Å²) in [6.07, 6.45) is 0. The Morgan fingerprint density at radius 3 is 2.45 bits per heavy atom. The van der Waals surface area contributed by atoms with Crippen LogP contribution in [0.25, 0.3) is 0 Å². The van der Waals surface area contributed by atoms with E-state index in [1.54, 1.807) is 63.8 Å². The van der Waals surface area contributed by atoms with Crippen LogP contribution in [0.4, 0.5) is 0 Å². The SMILES string of the molecule is COCCNC(=O)[C@@H]1CN(S(=O)(=O)c2ccccc2)C[C@@H]1c1ccc(OC)cc1OC. The van der Waals surface area contributed by atoms with E-state index < -0.39 is 15.9 Å². The molecule has 0 aromatic heterocycles. The van der Waals surface area contributed by atoms with Crippen molar-refractivity contribution < 1.29 is 27.4 Å². The van der Waals surface area contributed by atoms with Crippen LogP contribution in [0.2, 0.25) is 0 Å². The molecule has 0 spiro atoms. The van der Waals surface area contributed by atoms with Gasteiger partial charge >= 0.3 is 0 Å². The zero-order chi connectivity index (χ0) is 22.4. The van der Waals surface area contributed by atoms with E-state index in [0.717, 1.165) is 5.56 Å². The number of methoxy groups -OCH3 is 3. The number of carbonyl (C=O) groups excluding carboxylic acids is 1. The average Bonchev–Trinajstić information content (AvgIpc) is 3.25. The summed E-state index contributed by atoms with van der Waals surface area (Å²) >= 11 is 0. The van der Waals surface area contributed by atoms with Gasteiger partial charge in [0.2, 0.25) is 15.9 Å². The molecule has 31 heavy (non-hydrogen) atoms. The van der Waals surface area contributed by atoms with Crippen molar-refractivity contribution in [3.63, 3.8) is 0 Å². The molecular formula is C22H28N2O6S. The van der Waals surface area contributed by atoms with Crippen LogP contribution in [0.15, 0.2) is 53.4 Å². The number of rotatable bonds is 9. The van der Waals surface area contributed by atoms with Gasteiger partial charge in [-0.25, -0.2) is 8.42 Å². The van der Waals surface area contributed by atoms with E-state index >= 15 is 0 Å². The lowest BCUT2D eigenvalue weighted by molar-refractivity contribution is -0.125. The molecule has 0 unspecified atom stereocenters. The maximum atomic E-state index is 13.2. The molecule has 9 heteroatoms. The summed E-state index contributed by atoms with van der Waals surface area (Å²) in [5.74, 6) is 0.0108. The summed E-state index contributed by atoms with van der Waals surface area (Å²) in [4.78, 5) is 13.2. The molecule has 168 valence electrons. The minimum absolute atomic E-state index is 0.0793. The fourth-order valence-corrected chi connectivity index (χ4v) is 5.33. The standard InChI is InChI=1S/C22H28N2O6S/c1-28-12-11-23-22(25)20-15-24(31(26,27)17-7-5-4-6-8-17)14-19(20)18-10-9-16(29-2)13-21(18)30-3/h4-10,13,19-20H,11-12,14-15H2,1-3H3,(H,23,25)/t19-,20-/m1/s1. The van der Waals surface area contributed by atoms with Gasteiger partial charge in [0.25, 0.3) is 0 Å². The molecule has 0 saturated carbocycles. The summed E-state index contributed by atoms with van der Waals surface area (Å²) < 4.78 is 43.6. The van der Waals surface area contributed by atoms with Crippen molar-refractivity contribution in [3.05, 3.63) is 54.1 Å². The molecule has 1 fully saturated rings. The number of carbonyl (C=O) groups is 1. The maximum Gasteiger partial charge on any atom is 0.243 e. The van der Waals surface area contributed by atoms with Crippen LogP contribution in [0.1, 0.15) is 11.5 Å². The van der Waals surface area contributed by atoms with Crippen LogP contribution in [0.5, 0.6) is 11.5 Å². The Bertz CT molecular complexity index is 996. The highest BCUT2D eigenvalue weighted by Crippen LogP contribution is 2.41. The molecule has 1 amide bonds. The van der Waals surface area contributed by atoms with Gasteiger partial charge in [-0.15, -0.1) is 0 Å². The Hall–Kier alpha value is -2.62. The van der Waals surface area contributed by atoms with Gasteiger partial charge in [-0.1, -0.05) is 24.3 Å². The highest BCUT2D eigenvalue weighted by Gasteiger charge is 2.44. The summed E-state index contributed by atoms with van der Waals surface area (Å²) in [6, 6.07) is 13.6. The van der Waals surface area contributed by atoms with Crippen molar-refractivity contribution in [2.75, 3.05) is 47.6 Å². The third kappa shape index (κ3) is 5.00. The Labute approximate surface area is 183 Å². The van der Waals surface area contributed by atoms with E-state index in [-0.39, 0.29) is 29.8 Å². The van der Waals surface area contributed by atoms with E-state index in [1.165, 1.54) is 4.31 Å². The van der Waals surface area contributed by atoms with E-state index in [4.69, 9.17) is 14.2 Å². The Morgan fingerprint density at radius 1 is 1.06 bits per heavy atom. The van der Waals surface area contributed by atoms with Crippen LogP contribution in [-0.2, 0) is 19.6 Å². The third-order valence-electron chi connectivity index (χ3n) is 5.45. The second-order valence-electron chi connectivity index (χ2n) is 7.24. The van der Waals surface area contributed by atoms with Crippen molar-refractivity contribution in [1.29, 1.82) is 0 Å². The van der Waals surface area contributed by atoms with E-state index in [0.29, 0.717) is 24.7 Å².